The Hall–Kier alpha value is -4.19. The Morgan fingerprint density at radius 1 is 1.09 bits per heavy atom. The van der Waals surface area contributed by atoms with Crippen molar-refractivity contribution in [2.75, 3.05) is 16.8 Å². The van der Waals surface area contributed by atoms with E-state index in [1.54, 1.807) is 35.2 Å². The smallest absolute Gasteiger partial charge is 0.322 e. The summed E-state index contributed by atoms with van der Waals surface area (Å²) in [6, 6.07) is 11.5. The molecule has 2 aromatic carbocycles. The molecule has 2 aromatic rings. The summed E-state index contributed by atoms with van der Waals surface area (Å²) in [5.41, 5.74) is 3.97. The number of carbonyl (C=O) groups excluding carboxylic acids is 4. The van der Waals surface area contributed by atoms with Crippen molar-refractivity contribution in [2.45, 2.75) is 31.8 Å². The lowest BCUT2D eigenvalue weighted by Gasteiger charge is -2.29. The summed E-state index contributed by atoms with van der Waals surface area (Å²) in [6.07, 6.45) is 1.21. The number of urea groups is 1. The van der Waals surface area contributed by atoms with Crippen LogP contribution in [0.5, 0.6) is 0 Å². The predicted molar refractivity (Wildman–Crippen MR) is 114 cm³/mol. The van der Waals surface area contributed by atoms with E-state index in [9.17, 15) is 19.2 Å². The van der Waals surface area contributed by atoms with Crippen LogP contribution in [0.15, 0.2) is 36.4 Å². The lowest BCUT2D eigenvalue weighted by Crippen LogP contribution is -2.52. The van der Waals surface area contributed by atoms with E-state index in [1.165, 1.54) is 4.90 Å². The lowest BCUT2D eigenvalue weighted by molar-refractivity contribution is -0.136. The molecule has 1 saturated heterocycles. The number of anilines is 2. The van der Waals surface area contributed by atoms with Crippen LogP contribution >= 0.6 is 0 Å². The van der Waals surface area contributed by atoms with Crippen LogP contribution in [0.4, 0.5) is 16.2 Å². The number of hydrogen-bond donors (Lipinski definition) is 2. The number of carbonyl (C=O) groups is 4. The largest absolute Gasteiger partial charge is 0.326 e. The van der Waals surface area contributed by atoms with Crippen LogP contribution in [0.3, 0.4) is 0 Å². The third-order valence-corrected chi connectivity index (χ3v) is 6.13. The molecular formula is C23H19N5O4. The summed E-state index contributed by atoms with van der Waals surface area (Å²) < 4.78 is 0. The second-order valence-electron chi connectivity index (χ2n) is 8.06. The summed E-state index contributed by atoms with van der Waals surface area (Å²) in [5.74, 6) is -1.05. The van der Waals surface area contributed by atoms with E-state index in [2.05, 4.69) is 16.7 Å². The van der Waals surface area contributed by atoms with Gasteiger partial charge in [-0.25, -0.2) is 4.79 Å². The fraction of sp³-hybridized carbons (Fsp3) is 0.261. The number of imide groups is 1. The summed E-state index contributed by atoms with van der Waals surface area (Å²) >= 11 is 0. The van der Waals surface area contributed by atoms with E-state index in [1.807, 2.05) is 6.07 Å². The van der Waals surface area contributed by atoms with Crippen molar-refractivity contribution < 1.29 is 19.2 Å². The molecule has 0 bridgehead atoms. The Bertz CT molecular complexity index is 1230. The van der Waals surface area contributed by atoms with Gasteiger partial charge in [0.25, 0.3) is 5.91 Å². The van der Waals surface area contributed by atoms with E-state index in [4.69, 9.17) is 5.26 Å². The molecule has 1 fully saturated rings. The Morgan fingerprint density at radius 2 is 1.94 bits per heavy atom. The highest BCUT2D eigenvalue weighted by molar-refractivity contribution is 6.06. The Balaban J connectivity index is 1.32. The van der Waals surface area contributed by atoms with Gasteiger partial charge >= 0.3 is 6.03 Å². The average molecular weight is 429 g/mol. The van der Waals surface area contributed by atoms with Gasteiger partial charge in [0, 0.05) is 36.4 Å². The zero-order valence-corrected chi connectivity index (χ0v) is 17.1. The molecule has 9 heteroatoms. The van der Waals surface area contributed by atoms with Crippen molar-refractivity contribution in [3.8, 4) is 6.07 Å². The molecule has 3 aliphatic rings. The first-order chi connectivity index (χ1) is 15.4. The molecule has 0 aromatic heterocycles. The van der Waals surface area contributed by atoms with Crippen LogP contribution in [-0.2, 0) is 22.6 Å². The molecule has 160 valence electrons. The lowest BCUT2D eigenvalue weighted by atomic mass is 10.0. The maximum Gasteiger partial charge on any atom is 0.326 e. The maximum atomic E-state index is 12.9. The van der Waals surface area contributed by atoms with Crippen molar-refractivity contribution in [2.24, 2.45) is 0 Å². The number of nitriles is 1. The van der Waals surface area contributed by atoms with Gasteiger partial charge in [-0.1, -0.05) is 6.07 Å². The van der Waals surface area contributed by atoms with E-state index in [0.717, 1.165) is 11.3 Å². The van der Waals surface area contributed by atoms with Crippen LogP contribution in [0.25, 0.3) is 0 Å². The molecule has 0 aliphatic carbocycles. The maximum absolute atomic E-state index is 12.9. The van der Waals surface area contributed by atoms with E-state index < -0.39 is 11.9 Å². The van der Waals surface area contributed by atoms with Crippen LogP contribution in [0.1, 0.15) is 39.9 Å². The topological polar surface area (TPSA) is 123 Å². The molecule has 1 atom stereocenters. The SMILES string of the molecule is N#Cc1ccc2c(c1)N(C(=O)Nc1ccc3c(c1)CN(C1CCC(=O)NC1=O)C3=O)CC2. The van der Waals surface area contributed by atoms with Crippen molar-refractivity contribution in [1.29, 1.82) is 5.26 Å². The second kappa shape index (κ2) is 7.50. The van der Waals surface area contributed by atoms with Gasteiger partial charge in [-0.2, -0.15) is 5.26 Å². The minimum absolute atomic E-state index is 0.197. The van der Waals surface area contributed by atoms with Gasteiger partial charge in [0.1, 0.15) is 6.04 Å². The van der Waals surface area contributed by atoms with Crippen LogP contribution in [-0.4, -0.2) is 41.2 Å². The number of rotatable bonds is 2. The van der Waals surface area contributed by atoms with Crippen molar-refractivity contribution in [3.63, 3.8) is 0 Å². The Morgan fingerprint density at radius 3 is 2.72 bits per heavy atom. The predicted octanol–water partition coefficient (Wildman–Crippen LogP) is 1.91. The van der Waals surface area contributed by atoms with Crippen LogP contribution in [0, 0.1) is 11.3 Å². The van der Waals surface area contributed by atoms with Gasteiger partial charge in [-0.3, -0.25) is 24.6 Å². The first-order valence-electron chi connectivity index (χ1n) is 10.3. The number of fused-ring (bicyclic) bond motifs is 2. The minimum atomic E-state index is -0.680. The van der Waals surface area contributed by atoms with Gasteiger partial charge < -0.3 is 10.2 Å². The highest BCUT2D eigenvalue weighted by Gasteiger charge is 2.39. The molecular weight excluding hydrogens is 410 g/mol. The van der Waals surface area contributed by atoms with Crippen molar-refractivity contribution >= 4 is 35.1 Å². The normalized spacial score (nSPS) is 19.3. The van der Waals surface area contributed by atoms with Gasteiger partial charge in [-0.15, -0.1) is 0 Å². The molecule has 0 spiro atoms. The highest BCUT2D eigenvalue weighted by Crippen LogP contribution is 2.32. The van der Waals surface area contributed by atoms with Crippen molar-refractivity contribution in [1.82, 2.24) is 10.2 Å². The van der Waals surface area contributed by atoms with E-state index in [0.29, 0.717) is 41.8 Å². The summed E-state index contributed by atoms with van der Waals surface area (Å²) in [5, 5.41) is 14.3. The summed E-state index contributed by atoms with van der Waals surface area (Å²) in [6.45, 7) is 0.755. The molecule has 0 saturated carbocycles. The fourth-order valence-electron chi connectivity index (χ4n) is 4.50. The Kier molecular flexibility index (Phi) is 4.63. The molecule has 0 radical (unpaired) electrons. The zero-order chi connectivity index (χ0) is 22.4. The third kappa shape index (κ3) is 3.26. The molecule has 2 N–H and O–H groups in total. The molecule has 9 nitrogen and oxygen atoms in total. The monoisotopic (exact) mass is 429 g/mol. The standard InChI is InChI=1S/C23H19N5O4/c24-11-13-1-2-14-7-8-27(19(14)9-13)23(32)25-16-3-4-17-15(10-16)12-28(22(17)31)18-5-6-20(29)26-21(18)30/h1-4,9-10,18H,5-8,12H2,(H,25,32)(H,26,29,30). The summed E-state index contributed by atoms with van der Waals surface area (Å²) in [7, 11) is 0. The molecule has 5 amide bonds. The number of benzene rings is 2. The van der Waals surface area contributed by atoms with Crippen molar-refractivity contribution in [3.05, 3.63) is 58.7 Å². The molecule has 5 rings (SSSR count). The number of amides is 5. The number of hydrogen-bond acceptors (Lipinski definition) is 5. The molecule has 3 aliphatic heterocycles. The summed E-state index contributed by atoms with van der Waals surface area (Å²) in [4.78, 5) is 52.4. The number of piperidine rings is 1. The quantitative estimate of drug-likeness (QED) is 0.706. The highest BCUT2D eigenvalue weighted by atomic mass is 16.2. The van der Waals surface area contributed by atoms with Gasteiger partial charge in [0.2, 0.25) is 11.8 Å². The number of nitrogens with zero attached hydrogens (tertiary/aromatic N) is 3. The first-order valence-corrected chi connectivity index (χ1v) is 10.3. The second-order valence-corrected chi connectivity index (χ2v) is 8.06. The fourth-order valence-corrected chi connectivity index (χ4v) is 4.50. The van der Waals surface area contributed by atoms with Crippen LogP contribution in [0.2, 0.25) is 0 Å². The van der Waals surface area contributed by atoms with Crippen LogP contribution < -0.4 is 15.5 Å². The third-order valence-electron chi connectivity index (χ3n) is 6.13. The van der Waals surface area contributed by atoms with Gasteiger partial charge in [0.05, 0.1) is 11.6 Å². The van der Waals surface area contributed by atoms with E-state index >= 15 is 0 Å². The average Bonchev–Trinajstić information content (AvgIpc) is 3.34. The van der Waals surface area contributed by atoms with E-state index in [-0.39, 0.29) is 30.8 Å². The molecule has 32 heavy (non-hydrogen) atoms. The van der Waals surface area contributed by atoms with Gasteiger partial charge in [0.15, 0.2) is 0 Å². The molecule has 3 heterocycles. The zero-order valence-electron chi connectivity index (χ0n) is 17.1. The Labute approximate surface area is 183 Å². The van der Waals surface area contributed by atoms with Gasteiger partial charge in [-0.05, 0) is 54.3 Å². The minimum Gasteiger partial charge on any atom is -0.322 e. The number of nitrogens with one attached hydrogen (secondary N) is 2. The molecule has 1 unspecified atom stereocenters. The first kappa shape index (κ1) is 19.8.